The molecule has 0 spiro atoms. The molecule has 1 atom stereocenters. The van der Waals surface area contributed by atoms with Crippen molar-refractivity contribution in [3.8, 4) is 0 Å². The molecule has 0 unspecified atom stereocenters. The lowest BCUT2D eigenvalue weighted by atomic mass is 10.1. The van der Waals surface area contributed by atoms with Crippen LogP contribution in [-0.2, 0) is 0 Å². The summed E-state index contributed by atoms with van der Waals surface area (Å²) >= 11 is 0. The monoisotopic (exact) mass is 327 g/mol. The molecule has 1 aliphatic rings. The molecule has 1 aromatic carbocycles. The summed E-state index contributed by atoms with van der Waals surface area (Å²) in [5.41, 5.74) is 3.51. The average molecular weight is 327 g/mol. The van der Waals surface area contributed by atoms with Gasteiger partial charge in [-0.05, 0) is 45.2 Å². The first-order valence-corrected chi connectivity index (χ1v) is 8.12. The fraction of sp³-hybridized carbons (Fsp3) is 0.389. The lowest BCUT2D eigenvalue weighted by molar-refractivity contribution is -0.384. The van der Waals surface area contributed by atoms with Crippen LogP contribution in [0.4, 0.5) is 5.69 Å². The molecule has 0 bridgehead atoms. The van der Waals surface area contributed by atoms with Crippen LogP contribution in [0.1, 0.15) is 59.2 Å². The molecule has 6 heteroatoms. The molecule has 1 amide bonds. The summed E-state index contributed by atoms with van der Waals surface area (Å²) in [4.78, 5) is 23.1. The van der Waals surface area contributed by atoms with Crippen LogP contribution in [0.2, 0.25) is 0 Å². The number of aryl methyl sites for hydroxylation is 1. The van der Waals surface area contributed by atoms with Crippen molar-refractivity contribution in [1.82, 2.24) is 9.88 Å². The maximum Gasteiger partial charge on any atom is 0.269 e. The quantitative estimate of drug-likeness (QED) is 0.669. The Kier molecular flexibility index (Phi) is 4.13. The van der Waals surface area contributed by atoms with Gasteiger partial charge >= 0.3 is 0 Å². The Bertz CT molecular complexity index is 806. The van der Waals surface area contributed by atoms with Crippen LogP contribution in [0.3, 0.4) is 0 Å². The zero-order valence-electron chi connectivity index (χ0n) is 14.1. The Hall–Kier alpha value is -2.63. The second kappa shape index (κ2) is 6.11. The predicted molar refractivity (Wildman–Crippen MR) is 91.2 cm³/mol. The molecule has 6 nitrogen and oxygen atoms in total. The van der Waals surface area contributed by atoms with E-state index < -0.39 is 4.92 Å². The molecule has 2 aromatic rings. The number of hydrogen-bond acceptors (Lipinski definition) is 3. The van der Waals surface area contributed by atoms with Crippen molar-refractivity contribution in [1.29, 1.82) is 0 Å². The first-order valence-electron chi connectivity index (χ1n) is 8.12. The molecule has 1 aliphatic carbocycles. The van der Waals surface area contributed by atoms with Gasteiger partial charge in [-0.1, -0.05) is 12.1 Å². The van der Waals surface area contributed by atoms with Crippen LogP contribution in [0.25, 0.3) is 0 Å². The van der Waals surface area contributed by atoms with Gasteiger partial charge in [-0.3, -0.25) is 14.9 Å². The standard InChI is InChI=1S/C18H21N3O3/c1-11-9-17(13(3)20(11)15-7-8-15)18(22)19-12(2)14-5-4-6-16(10-14)21(23)24/h4-6,9-10,12,15H,7-8H2,1-3H3,(H,19,22)/t12-/m1/s1. The summed E-state index contributed by atoms with van der Waals surface area (Å²) < 4.78 is 2.23. The van der Waals surface area contributed by atoms with Gasteiger partial charge in [0.15, 0.2) is 0 Å². The number of nitro benzene ring substituents is 1. The Morgan fingerprint density at radius 1 is 1.33 bits per heavy atom. The topological polar surface area (TPSA) is 77.2 Å². The minimum absolute atomic E-state index is 0.0283. The molecular weight excluding hydrogens is 306 g/mol. The third-order valence-electron chi connectivity index (χ3n) is 4.57. The number of carbonyl (C=O) groups excluding carboxylic acids is 1. The molecular formula is C18H21N3O3. The molecule has 1 fully saturated rings. The van der Waals surface area contributed by atoms with Gasteiger partial charge in [-0.25, -0.2) is 0 Å². The van der Waals surface area contributed by atoms with Gasteiger partial charge in [-0.2, -0.15) is 0 Å². The van der Waals surface area contributed by atoms with E-state index in [4.69, 9.17) is 0 Å². The molecule has 1 saturated carbocycles. The van der Waals surface area contributed by atoms with Gasteiger partial charge in [0.1, 0.15) is 0 Å². The van der Waals surface area contributed by atoms with Gasteiger partial charge < -0.3 is 9.88 Å². The Labute approximate surface area is 140 Å². The van der Waals surface area contributed by atoms with Crippen LogP contribution in [0.15, 0.2) is 30.3 Å². The van der Waals surface area contributed by atoms with E-state index in [0.29, 0.717) is 17.2 Å². The van der Waals surface area contributed by atoms with E-state index in [2.05, 4.69) is 9.88 Å². The van der Waals surface area contributed by atoms with E-state index >= 15 is 0 Å². The highest BCUT2D eigenvalue weighted by atomic mass is 16.6. The second-order valence-corrected chi connectivity index (χ2v) is 6.43. The van der Waals surface area contributed by atoms with Crippen LogP contribution in [0.5, 0.6) is 0 Å². The van der Waals surface area contributed by atoms with Crippen LogP contribution < -0.4 is 5.32 Å². The summed E-state index contributed by atoms with van der Waals surface area (Å²) in [6.45, 7) is 5.82. The third kappa shape index (κ3) is 3.04. The Morgan fingerprint density at radius 2 is 2.04 bits per heavy atom. The number of rotatable bonds is 5. The summed E-state index contributed by atoms with van der Waals surface area (Å²) in [5.74, 6) is -0.144. The van der Waals surface area contributed by atoms with Crippen molar-refractivity contribution in [2.45, 2.75) is 45.7 Å². The van der Waals surface area contributed by atoms with Gasteiger partial charge in [0.05, 0.1) is 16.5 Å². The third-order valence-corrected chi connectivity index (χ3v) is 4.57. The minimum atomic E-state index is -0.429. The van der Waals surface area contributed by atoms with Gasteiger partial charge in [0.2, 0.25) is 0 Å². The molecule has 0 saturated heterocycles. The highest BCUT2D eigenvalue weighted by Crippen LogP contribution is 2.38. The van der Waals surface area contributed by atoms with Crippen molar-refractivity contribution >= 4 is 11.6 Å². The smallest absolute Gasteiger partial charge is 0.269 e. The molecule has 3 rings (SSSR count). The van der Waals surface area contributed by atoms with E-state index in [0.717, 1.165) is 11.4 Å². The Morgan fingerprint density at radius 3 is 2.67 bits per heavy atom. The number of nitrogens with zero attached hydrogens (tertiary/aromatic N) is 2. The SMILES string of the molecule is Cc1cc(C(=O)N[C@H](C)c2cccc([N+](=O)[O-])c2)c(C)n1C1CC1. The van der Waals surface area contributed by atoms with Crippen LogP contribution in [-0.4, -0.2) is 15.4 Å². The number of carbonyl (C=O) groups is 1. The minimum Gasteiger partial charge on any atom is -0.345 e. The lowest BCUT2D eigenvalue weighted by Gasteiger charge is -2.14. The molecule has 24 heavy (non-hydrogen) atoms. The normalized spacial score (nSPS) is 15.1. The molecule has 0 aliphatic heterocycles. The molecule has 1 aromatic heterocycles. The average Bonchev–Trinajstić information content (AvgIpc) is 3.32. The summed E-state index contributed by atoms with van der Waals surface area (Å²) in [5, 5.41) is 13.8. The van der Waals surface area contributed by atoms with Crippen molar-refractivity contribution in [2.75, 3.05) is 0 Å². The fourth-order valence-electron chi connectivity index (χ4n) is 3.17. The van der Waals surface area contributed by atoms with Crippen LogP contribution >= 0.6 is 0 Å². The number of amides is 1. The molecule has 1 heterocycles. The van der Waals surface area contributed by atoms with Gasteiger partial charge in [-0.15, -0.1) is 0 Å². The first kappa shape index (κ1) is 16.2. The number of benzene rings is 1. The molecule has 1 N–H and O–H groups in total. The summed E-state index contributed by atoms with van der Waals surface area (Å²) in [7, 11) is 0. The number of nitrogens with one attached hydrogen (secondary N) is 1. The summed E-state index contributed by atoms with van der Waals surface area (Å²) in [6.07, 6.45) is 2.34. The summed E-state index contributed by atoms with van der Waals surface area (Å²) in [6, 6.07) is 8.51. The highest BCUT2D eigenvalue weighted by Gasteiger charge is 2.28. The van der Waals surface area contributed by atoms with E-state index in [1.165, 1.54) is 25.0 Å². The zero-order chi connectivity index (χ0) is 17.4. The number of aromatic nitrogens is 1. The maximum atomic E-state index is 12.6. The predicted octanol–water partition coefficient (Wildman–Crippen LogP) is 3.84. The Balaban J connectivity index is 1.78. The lowest BCUT2D eigenvalue weighted by Crippen LogP contribution is -2.27. The first-order chi connectivity index (χ1) is 11.4. The number of nitro groups is 1. The second-order valence-electron chi connectivity index (χ2n) is 6.43. The van der Waals surface area contributed by atoms with Crippen molar-refractivity contribution < 1.29 is 9.72 Å². The largest absolute Gasteiger partial charge is 0.345 e. The van der Waals surface area contributed by atoms with Gasteiger partial charge in [0.25, 0.3) is 11.6 Å². The van der Waals surface area contributed by atoms with E-state index in [-0.39, 0.29) is 17.6 Å². The van der Waals surface area contributed by atoms with Crippen LogP contribution in [0, 0.1) is 24.0 Å². The highest BCUT2D eigenvalue weighted by molar-refractivity contribution is 5.96. The van der Waals surface area contributed by atoms with Crippen molar-refractivity contribution in [2.24, 2.45) is 0 Å². The van der Waals surface area contributed by atoms with Crippen molar-refractivity contribution in [3.63, 3.8) is 0 Å². The maximum absolute atomic E-state index is 12.6. The number of non-ortho nitro benzene ring substituents is 1. The zero-order valence-corrected chi connectivity index (χ0v) is 14.1. The van der Waals surface area contributed by atoms with E-state index in [9.17, 15) is 14.9 Å². The van der Waals surface area contributed by atoms with Gasteiger partial charge in [0, 0.05) is 29.6 Å². The number of hydrogen-bond donors (Lipinski definition) is 1. The fourth-order valence-corrected chi connectivity index (χ4v) is 3.17. The van der Waals surface area contributed by atoms with E-state index in [1.807, 2.05) is 26.8 Å². The van der Waals surface area contributed by atoms with E-state index in [1.54, 1.807) is 12.1 Å². The molecule has 126 valence electrons. The molecule has 0 radical (unpaired) electrons. The van der Waals surface area contributed by atoms with Crippen molar-refractivity contribution in [3.05, 3.63) is 63.0 Å².